The summed E-state index contributed by atoms with van der Waals surface area (Å²) in [4.78, 5) is 35.1. The Morgan fingerprint density at radius 1 is 1.21 bits per heavy atom. The number of para-hydroxylation sites is 1. The van der Waals surface area contributed by atoms with Crippen LogP contribution in [0.15, 0.2) is 24.3 Å². The lowest BCUT2D eigenvalue weighted by Gasteiger charge is -2.23. The first-order valence-electron chi connectivity index (χ1n) is 5.76. The van der Waals surface area contributed by atoms with Crippen LogP contribution in [-0.4, -0.2) is 34.1 Å². The van der Waals surface area contributed by atoms with Crippen molar-refractivity contribution in [3.63, 3.8) is 0 Å². The lowest BCUT2D eigenvalue weighted by Crippen LogP contribution is -2.43. The number of anilines is 1. The van der Waals surface area contributed by atoms with E-state index in [1.165, 1.54) is 6.92 Å². The number of carbonyl (C=O) groups is 3. The third-order valence-electron chi connectivity index (χ3n) is 3.24. The highest BCUT2D eigenvalue weighted by molar-refractivity contribution is 6.02. The van der Waals surface area contributed by atoms with Crippen molar-refractivity contribution in [2.24, 2.45) is 0 Å². The second-order valence-electron chi connectivity index (χ2n) is 4.44. The summed E-state index contributed by atoms with van der Waals surface area (Å²) in [5, 5.41) is 18.2. The molecule has 0 unspecified atom stereocenters. The normalized spacial score (nSPS) is 21.0. The number of carboxylic acid groups (broad SMARTS) is 2. The summed E-state index contributed by atoms with van der Waals surface area (Å²) in [6.45, 7) is 1.27. The van der Waals surface area contributed by atoms with Crippen LogP contribution in [0.5, 0.6) is 0 Å². The number of carbonyl (C=O) groups excluding carboxylic acids is 1. The zero-order valence-corrected chi connectivity index (χ0v) is 10.2. The van der Waals surface area contributed by atoms with E-state index in [0.717, 1.165) is 4.90 Å². The predicted octanol–water partition coefficient (Wildman–Crippen LogP) is 1.06. The number of carboxylic acids is 2. The topological polar surface area (TPSA) is 94.9 Å². The van der Waals surface area contributed by atoms with E-state index in [1.54, 1.807) is 24.3 Å². The highest BCUT2D eigenvalue weighted by atomic mass is 16.4. The number of nitrogens with zero attached hydrogens (tertiary/aromatic N) is 1. The molecule has 6 nitrogen and oxygen atoms in total. The maximum Gasteiger partial charge on any atom is 0.327 e. The molecule has 2 N–H and O–H groups in total. The third kappa shape index (κ3) is 2.16. The molecule has 1 amide bonds. The predicted molar refractivity (Wildman–Crippen MR) is 66.0 cm³/mol. The Bertz CT molecular complexity index is 554. The number of hydrogen-bond donors (Lipinski definition) is 2. The van der Waals surface area contributed by atoms with Crippen LogP contribution >= 0.6 is 0 Å². The van der Waals surface area contributed by atoms with E-state index >= 15 is 0 Å². The van der Waals surface area contributed by atoms with Crippen molar-refractivity contribution < 1.29 is 24.6 Å². The number of benzene rings is 1. The van der Waals surface area contributed by atoms with Gasteiger partial charge in [-0.15, -0.1) is 0 Å². The molecule has 0 aromatic heterocycles. The van der Waals surface area contributed by atoms with Gasteiger partial charge in [-0.05, 0) is 11.6 Å². The van der Waals surface area contributed by atoms with E-state index in [0.29, 0.717) is 11.3 Å². The zero-order valence-electron chi connectivity index (χ0n) is 10.2. The van der Waals surface area contributed by atoms with Crippen LogP contribution in [0.3, 0.4) is 0 Å². The highest BCUT2D eigenvalue weighted by Crippen LogP contribution is 2.42. The Hall–Kier alpha value is -2.37. The molecule has 19 heavy (non-hydrogen) atoms. The van der Waals surface area contributed by atoms with Crippen molar-refractivity contribution in [3.05, 3.63) is 29.8 Å². The van der Waals surface area contributed by atoms with Crippen LogP contribution in [0, 0.1) is 0 Å². The van der Waals surface area contributed by atoms with Crippen LogP contribution in [0.1, 0.15) is 24.8 Å². The van der Waals surface area contributed by atoms with E-state index in [-0.39, 0.29) is 6.42 Å². The first-order valence-corrected chi connectivity index (χ1v) is 5.76. The van der Waals surface area contributed by atoms with Crippen molar-refractivity contribution in [3.8, 4) is 0 Å². The third-order valence-corrected chi connectivity index (χ3v) is 3.24. The standard InChI is InChI=1S/C13H13NO5/c1-7(15)14-10-5-3-2-4-8(10)9(6-11(16)17)12(14)13(18)19/h2-5,9,12H,6H2,1H3,(H,16,17)(H,18,19)/t9-,12+/m1/s1. The first-order chi connectivity index (χ1) is 8.93. The maximum absolute atomic E-state index is 11.7. The molecule has 1 aromatic rings. The number of hydrogen-bond acceptors (Lipinski definition) is 3. The zero-order chi connectivity index (χ0) is 14.2. The minimum Gasteiger partial charge on any atom is -0.481 e. The molecule has 0 fully saturated rings. The summed E-state index contributed by atoms with van der Waals surface area (Å²) in [7, 11) is 0. The fourth-order valence-electron chi connectivity index (χ4n) is 2.58. The van der Waals surface area contributed by atoms with Crippen LogP contribution < -0.4 is 4.90 Å². The SMILES string of the molecule is CC(=O)N1c2ccccc2[C@@H](CC(=O)O)[C@H]1C(=O)O. The number of rotatable bonds is 3. The number of fused-ring (bicyclic) bond motifs is 1. The summed E-state index contributed by atoms with van der Waals surface area (Å²) >= 11 is 0. The van der Waals surface area contributed by atoms with E-state index in [1.807, 2.05) is 0 Å². The van der Waals surface area contributed by atoms with E-state index in [4.69, 9.17) is 5.11 Å². The maximum atomic E-state index is 11.7. The summed E-state index contributed by atoms with van der Waals surface area (Å²) in [5.74, 6) is -3.42. The fourth-order valence-corrected chi connectivity index (χ4v) is 2.58. The molecule has 0 saturated carbocycles. The summed E-state index contributed by atoms with van der Waals surface area (Å²) in [6.07, 6.45) is -0.322. The molecule has 6 heteroatoms. The number of amides is 1. The summed E-state index contributed by atoms with van der Waals surface area (Å²) < 4.78 is 0. The lowest BCUT2D eigenvalue weighted by atomic mass is 9.92. The highest BCUT2D eigenvalue weighted by Gasteiger charge is 2.45. The van der Waals surface area contributed by atoms with Crippen molar-refractivity contribution in [1.82, 2.24) is 0 Å². The van der Waals surface area contributed by atoms with Gasteiger partial charge in [0.05, 0.1) is 6.42 Å². The van der Waals surface area contributed by atoms with Gasteiger partial charge in [0.1, 0.15) is 6.04 Å². The van der Waals surface area contributed by atoms with Crippen LogP contribution in [-0.2, 0) is 14.4 Å². The molecule has 0 radical (unpaired) electrons. The Morgan fingerprint density at radius 3 is 2.37 bits per heavy atom. The molecule has 0 bridgehead atoms. The Morgan fingerprint density at radius 2 is 1.84 bits per heavy atom. The van der Waals surface area contributed by atoms with Crippen LogP contribution in [0.4, 0.5) is 5.69 Å². The smallest absolute Gasteiger partial charge is 0.327 e. The van der Waals surface area contributed by atoms with Crippen molar-refractivity contribution in [2.75, 3.05) is 4.90 Å². The van der Waals surface area contributed by atoms with Gasteiger partial charge in [-0.1, -0.05) is 18.2 Å². The molecule has 0 aliphatic carbocycles. The largest absolute Gasteiger partial charge is 0.481 e. The molecular weight excluding hydrogens is 250 g/mol. The van der Waals surface area contributed by atoms with Gasteiger partial charge in [0, 0.05) is 18.5 Å². The average Bonchev–Trinajstić information content (AvgIpc) is 2.63. The monoisotopic (exact) mass is 263 g/mol. The minimum absolute atomic E-state index is 0.322. The van der Waals surface area contributed by atoms with Gasteiger partial charge in [0.25, 0.3) is 0 Å². The Kier molecular flexibility index (Phi) is 3.25. The van der Waals surface area contributed by atoms with E-state index < -0.39 is 29.8 Å². The average molecular weight is 263 g/mol. The van der Waals surface area contributed by atoms with Gasteiger partial charge in [-0.2, -0.15) is 0 Å². The second kappa shape index (κ2) is 4.72. The molecule has 1 aliphatic rings. The summed E-state index contributed by atoms with van der Waals surface area (Å²) in [6, 6.07) is 5.54. The van der Waals surface area contributed by atoms with Crippen molar-refractivity contribution >= 4 is 23.5 Å². The lowest BCUT2D eigenvalue weighted by molar-refractivity contribution is -0.141. The second-order valence-corrected chi connectivity index (χ2v) is 4.44. The van der Waals surface area contributed by atoms with E-state index in [9.17, 15) is 19.5 Å². The summed E-state index contributed by atoms with van der Waals surface area (Å²) in [5.41, 5.74) is 1.07. The van der Waals surface area contributed by atoms with Crippen molar-refractivity contribution in [2.45, 2.75) is 25.3 Å². The molecular formula is C13H13NO5. The van der Waals surface area contributed by atoms with Gasteiger partial charge in [0.15, 0.2) is 0 Å². The van der Waals surface area contributed by atoms with Gasteiger partial charge < -0.3 is 10.2 Å². The van der Waals surface area contributed by atoms with Gasteiger partial charge in [-0.25, -0.2) is 4.79 Å². The fraction of sp³-hybridized carbons (Fsp3) is 0.308. The van der Waals surface area contributed by atoms with Gasteiger partial charge in [0.2, 0.25) is 5.91 Å². The Balaban J connectivity index is 2.55. The van der Waals surface area contributed by atoms with Crippen LogP contribution in [0.25, 0.3) is 0 Å². The molecule has 2 atom stereocenters. The quantitative estimate of drug-likeness (QED) is 0.850. The Labute approximate surface area is 109 Å². The minimum atomic E-state index is -1.20. The number of aliphatic carboxylic acids is 2. The molecule has 0 spiro atoms. The molecule has 0 saturated heterocycles. The molecule has 100 valence electrons. The molecule has 2 rings (SSSR count). The molecule has 1 aliphatic heterocycles. The first kappa shape index (κ1) is 13.1. The van der Waals surface area contributed by atoms with Gasteiger partial charge >= 0.3 is 11.9 Å². The molecule has 1 aromatic carbocycles. The molecule has 1 heterocycles. The van der Waals surface area contributed by atoms with E-state index in [2.05, 4.69) is 0 Å². The van der Waals surface area contributed by atoms with Crippen LogP contribution in [0.2, 0.25) is 0 Å². The van der Waals surface area contributed by atoms with Gasteiger partial charge in [-0.3, -0.25) is 14.5 Å². The van der Waals surface area contributed by atoms with Crippen molar-refractivity contribution in [1.29, 1.82) is 0 Å².